The van der Waals surface area contributed by atoms with Crippen LogP contribution in [0, 0.1) is 6.92 Å². The van der Waals surface area contributed by atoms with Crippen molar-refractivity contribution in [2.45, 2.75) is 36.7 Å². The molecular formula is C28H31N2O5PS. The molecule has 2 N–H and O–H groups in total. The highest BCUT2D eigenvalue weighted by atomic mass is 32.2. The van der Waals surface area contributed by atoms with Crippen molar-refractivity contribution in [3.8, 4) is 0 Å². The lowest BCUT2D eigenvalue weighted by Gasteiger charge is -2.34. The minimum absolute atomic E-state index is 0.0878. The van der Waals surface area contributed by atoms with Gasteiger partial charge < -0.3 is 14.3 Å². The maximum absolute atomic E-state index is 15.0. The Bertz CT molecular complexity index is 1410. The van der Waals surface area contributed by atoms with E-state index in [9.17, 15) is 8.42 Å². The van der Waals surface area contributed by atoms with E-state index >= 15 is 4.57 Å². The molecule has 0 aliphatic heterocycles. The second kappa shape index (κ2) is 11.9. The molecule has 0 amide bonds. The van der Waals surface area contributed by atoms with Gasteiger partial charge in [-0.3, -0.25) is 4.57 Å². The van der Waals surface area contributed by atoms with E-state index in [2.05, 4.69) is 10.0 Å². The fraction of sp³-hybridized carbons (Fsp3) is 0.214. The van der Waals surface area contributed by atoms with Crippen LogP contribution >= 0.6 is 7.37 Å². The molecule has 0 aliphatic carbocycles. The van der Waals surface area contributed by atoms with Gasteiger partial charge in [-0.15, -0.1) is 0 Å². The molecule has 4 rings (SSSR count). The highest BCUT2D eigenvalue weighted by Crippen LogP contribution is 2.63. The average Bonchev–Trinajstić information content (AvgIpc) is 3.43. The average molecular weight is 539 g/mol. The molecule has 4 aromatic rings. The Kier molecular flexibility index (Phi) is 8.67. The summed E-state index contributed by atoms with van der Waals surface area (Å²) >= 11 is 0. The summed E-state index contributed by atoms with van der Waals surface area (Å²) in [5.41, 5.74) is 2.45. The molecule has 1 aromatic heterocycles. The van der Waals surface area contributed by atoms with E-state index in [1.54, 1.807) is 31.2 Å². The van der Waals surface area contributed by atoms with Crippen molar-refractivity contribution in [1.82, 2.24) is 4.72 Å². The van der Waals surface area contributed by atoms with Crippen LogP contribution in [0.2, 0.25) is 0 Å². The normalized spacial score (nSPS) is 15.0. The highest BCUT2D eigenvalue weighted by molar-refractivity contribution is 7.90. The number of hydrogen-bond acceptors (Lipinski definition) is 6. The first-order chi connectivity index (χ1) is 17.8. The molecule has 0 saturated heterocycles. The van der Waals surface area contributed by atoms with Gasteiger partial charge in [-0.25, -0.2) is 8.42 Å². The number of anilines is 1. The second-order valence-electron chi connectivity index (χ2n) is 8.63. The van der Waals surface area contributed by atoms with E-state index in [-0.39, 0.29) is 17.9 Å². The summed E-state index contributed by atoms with van der Waals surface area (Å²) in [4.78, 5) is 0.0878. The van der Waals surface area contributed by atoms with Gasteiger partial charge in [0.2, 0.25) is 17.4 Å². The maximum atomic E-state index is 15.0. The molecule has 9 heteroatoms. The number of para-hydroxylation sites is 1. The van der Waals surface area contributed by atoms with Gasteiger partial charge in [0.1, 0.15) is 11.5 Å². The van der Waals surface area contributed by atoms with Crippen LogP contribution < -0.4 is 10.0 Å². The zero-order chi connectivity index (χ0) is 26.3. The molecule has 37 heavy (non-hydrogen) atoms. The Morgan fingerprint density at radius 3 is 2.14 bits per heavy atom. The fourth-order valence-corrected chi connectivity index (χ4v) is 8.53. The molecule has 1 unspecified atom stereocenters. The Balaban J connectivity index is 1.81. The number of aryl methyl sites for hydroxylation is 1. The van der Waals surface area contributed by atoms with Gasteiger partial charge in [-0.05, 0) is 62.2 Å². The Labute approximate surface area is 218 Å². The van der Waals surface area contributed by atoms with Gasteiger partial charge >= 0.3 is 0 Å². The molecule has 0 saturated carbocycles. The molecular weight excluding hydrogens is 507 g/mol. The van der Waals surface area contributed by atoms with E-state index < -0.39 is 29.0 Å². The largest absolute Gasteiger partial charge is 0.467 e. The Morgan fingerprint density at radius 1 is 0.892 bits per heavy atom. The van der Waals surface area contributed by atoms with Crippen molar-refractivity contribution in [3.63, 3.8) is 0 Å². The summed E-state index contributed by atoms with van der Waals surface area (Å²) in [5, 5.41) is 3.29. The minimum atomic E-state index is -4.03. The zero-order valence-electron chi connectivity index (χ0n) is 20.8. The van der Waals surface area contributed by atoms with Gasteiger partial charge in [-0.1, -0.05) is 66.2 Å². The van der Waals surface area contributed by atoms with Crippen LogP contribution in [-0.2, 0) is 25.5 Å². The first-order valence-corrected chi connectivity index (χ1v) is 15.3. The van der Waals surface area contributed by atoms with Crippen molar-refractivity contribution in [3.05, 3.63) is 120 Å². The van der Waals surface area contributed by atoms with Crippen molar-refractivity contribution < 1.29 is 21.9 Å². The summed E-state index contributed by atoms with van der Waals surface area (Å²) in [6, 6.07) is 28.6. The van der Waals surface area contributed by atoms with E-state index in [0.29, 0.717) is 11.4 Å². The van der Waals surface area contributed by atoms with Crippen molar-refractivity contribution in [1.29, 1.82) is 0 Å². The molecule has 0 radical (unpaired) electrons. The highest BCUT2D eigenvalue weighted by Gasteiger charge is 2.46. The molecule has 3 aromatic carbocycles. The van der Waals surface area contributed by atoms with E-state index in [4.69, 9.17) is 8.94 Å². The lowest BCUT2D eigenvalue weighted by Crippen LogP contribution is -2.39. The zero-order valence-corrected chi connectivity index (χ0v) is 22.5. The first-order valence-electron chi connectivity index (χ1n) is 12.0. The van der Waals surface area contributed by atoms with Crippen LogP contribution in [0.5, 0.6) is 0 Å². The number of benzene rings is 3. The van der Waals surface area contributed by atoms with Gasteiger partial charge in [0.15, 0.2) is 5.78 Å². The van der Waals surface area contributed by atoms with Crippen LogP contribution in [0.25, 0.3) is 0 Å². The van der Waals surface area contributed by atoms with Crippen LogP contribution in [0.15, 0.2) is 113 Å². The van der Waals surface area contributed by atoms with Crippen LogP contribution in [0.4, 0.5) is 5.69 Å². The SMILES string of the molecule is CCOP(=O)([C@H](Cc1ccccc1)NS(=O)(=O)c1ccc(C)cc1)[C@H](Nc1ccccc1)c1ccco1. The molecule has 3 atom stereocenters. The molecule has 1 heterocycles. The number of furan rings is 1. The predicted molar refractivity (Wildman–Crippen MR) is 146 cm³/mol. The quantitative estimate of drug-likeness (QED) is 0.198. The Morgan fingerprint density at radius 2 is 1.54 bits per heavy atom. The summed E-state index contributed by atoms with van der Waals surface area (Å²) in [6.07, 6.45) is 1.64. The van der Waals surface area contributed by atoms with E-state index in [0.717, 1.165) is 11.1 Å². The second-order valence-corrected chi connectivity index (χ2v) is 13.0. The van der Waals surface area contributed by atoms with Crippen LogP contribution in [0.1, 0.15) is 29.6 Å². The van der Waals surface area contributed by atoms with Crippen molar-refractivity contribution in [2.75, 3.05) is 11.9 Å². The van der Waals surface area contributed by atoms with Crippen LogP contribution in [0.3, 0.4) is 0 Å². The molecule has 194 valence electrons. The molecule has 0 bridgehead atoms. The van der Waals surface area contributed by atoms with E-state index in [1.807, 2.05) is 67.6 Å². The van der Waals surface area contributed by atoms with Crippen molar-refractivity contribution >= 4 is 23.1 Å². The molecule has 0 spiro atoms. The number of nitrogens with one attached hydrogen (secondary N) is 2. The van der Waals surface area contributed by atoms with Crippen molar-refractivity contribution in [2.24, 2.45) is 0 Å². The maximum Gasteiger partial charge on any atom is 0.250 e. The predicted octanol–water partition coefficient (Wildman–Crippen LogP) is 6.56. The third-order valence-corrected chi connectivity index (χ3v) is 10.5. The lowest BCUT2D eigenvalue weighted by atomic mass is 10.1. The van der Waals surface area contributed by atoms with Gasteiger partial charge in [-0.2, -0.15) is 4.72 Å². The van der Waals surface area contributed by atoms with Crippen LogP contribution in [-0.4, -0.2) is 20.8 Å². The molecule has 0 aliphatic rings. The number of sulfonamides is 1. The number of hydrogen-bond donors (Lipinski definition) is 2. The smallest absolute Gasteiger partial charge is 0.250 e. The fourth-order valence-electron chi connectivity index (χ4n) is 4.07. The third kappa shape index (κ3) is 6.59. The summed E-state index contributed by atoms with van der Waals surface area (Å²) in [6.45, 7) is 3.74. The third-order valence-electron chi connectivity index (χ3n) is 5.91. The molecule has 7 nitrogen and oxygen atoms in total. The summed E-state index contributed by atoms with van der Waals surface area (Å²) in [5.74, 6) is -1.65. The van der Waals surface area contributed by atoms with Gasteiger partial charge in [0.25, 0.3) is 0 Å². The van der Waals surface area contributed by atoms with Gasteiger partial charge in [0.05, 0.1) is 17.8 Å². The molecule has 0 fully saturated rings. The standard InChI is InChI=1S/C28H31N2O5PS/c1-3-35-36(31,28(26-15-10-20-34-26)29-24-13-8-5-9-14-24)27(21-23-11-6-4-7-12-23)30-37(32,33)25-18-16-22(2)17-19-25/h4-20,27-30H,3,21H2,1-2H3/t27-,28+,36?/m1/s1. The lowest BCUT2D eigenvalue weighted by molar-refractivity contribution is 0.312. The number of rotatable bonds is 12. The minimum Gasteiger partial charge on any atom is -0.467 e. The summed E-state index contributed by atoms with van der Waals surface area (Å²) in [7, 11) is -7.91. The summed E-state index contributed by atoms with van der Waals surface area (Å²) < 4.78 is 56.5. The topological polar surface area (TPSA) is 97.6 Å². The van der Waals surface area contributed by atoms with Gasteiger partial charge in [0, 0.05) is 5.69 Å². The monoisotopic (exact) mass is 538 g/mol. The Hall–Kier alpha value is -3.16. The van der Waals surface area contributed by atoms with E-state index in [1.165, 1.54) is 18.4 Å². The first kappa shape index (κ1) is 26.9.